The minimum absolute atomic E-state index is 0.0399. The third kappa shape index (κ3) is 4.55. The predicted molar refractivity (Wildman–Crippen MR) is 122 cm³/mol. The first-order chi connectivity index (χ1) is 13.7. The van der Waals surface area contributed by atoms with Crippen molar-refractivity contribution in [3.8, 4) is 0 Å². The number of aliphatic imine (C=N–C) groups is 1. The van der Waals surface area contributed by atoms with Crippen LogP contribution in [-0.2, 0) is 14.8 Å². The molecule has 148 valence electrons. The van der Waals surface area contributed by atoms with Gasteiger partial charge >= 0.3 is 0 Å². The van der Waals surface area contributed by atoms with Gasteiger partial charge in [0.1, 0.15) is 0 Å². The molecule has 29 heavy (non-hydrogen) atoms. The molecular formula is C21H16Br2N2O3S. The average Bonchev–Trinajstić information content (AvgIpc) is 2.74. The average molecular weight is 536 g/mol. The fraction of sp³-hybridized carbons (Fsp3) is 0.0952. The van der Waals surface area contributed by atoms with Gasteiger partial charge in [0.2, 0.25) is 5.78 Å². The van der Waals surface area contributed by atoms with Crippen molar-refractivity contribution >= 4 is 59.2 Å². The highest BCUT2D eigenvalue weighted by molar-refractivity contribution is 9.13. The number of hydrogen-bond donors (Lipinski definition) is 0. The zero-order valence-corrected chi connectivity index (χ0v) is 19.5. The lowest BCUT2D eigenvalue weighted by atomic mass is 9.97. The van der Waals surface area contributed by atoms with E-state index in [1.165, 1.54) is 12.1 Å². The molecule has 1 aliphatic carbocycles. The van der Waals surface area contributed by atoms with Crippen LogP contribution in [0.1, 0.15) is 19.4 Å². The number of carbonyl (C=O) groups is 1. The fourth-order valence-corrected chi connectivity index (χ4v) is 4.70. The molecule has 0 spiro atoms. The summed E-state index contributed by atoms with van der Waals surface area (Å²) in [6.45, 7) is 3.50. The van der Waals surface area contributed by atoms with Crippen LogP contribution in [0.5, 0.6) is 0 Å². The fourth-order valence-electron chi connectivity index (χ4n) is 2.68. The topological polar surface area (TPSA) is 75.9 Å². The van der Waals surface area contributed by atoms with Crippen LogP contribution in [0.25, 0.3) is 0 Å². The van der Waals surface area contributed by atoms with Gasteiger partial charge in [0, 0.05) is 5.56 Å². The van der Waals surface area contributed by atoms with Crippen LogP contribution in [0.4, 0.5) is 0 Å². The number of hydrogen-bond acceptors (Lipinski definition) is 3. The van der Waals surface area contributed by atoms with E-state index in [-0.39, 0.29) is 16.5 Å². The second-order valence-corrected chi connectivity index (χ2v) is 9.43. The zero-order chi connectivity index (χ0) is 21.2. The monoisotopic (exact) mass is 534 g/mol. The second kappa shape index (κ2) is 8.69. The van der Waals surface area contributed by atoms with Gasteiger partial charge in [-0.2, -0.15) is 8.42 Å². The van der Waals surface area contributed by atoms with Crippen molar-refractivity contribution < 1.29 is 13.2 Å². The molecule has 8 heteroatoms. The van der Waals surface area contributed by atoms with Crippen molar-refractivity contribution in [3.63, 3.8) is 0 Å². The Morgan fingerprint density at radius 3 is 1.83 bits per heavy atom. The van der Waals surface area contributed by atoms with Gasteiger partial charge in [-0.05, 0) is 69.0 Å². The van der Waals surface area contributed by atoms with Gasteiger partial charge < -0.3 is 0 Å². The number of halogens is 2. The molecular weight excluding hydrogens is 520 g/mol. The standard InChI is InChI=1S/C21H16Br2N2O3S/c1-13-17(22)20(26)18(23)14(2)19(13)24-21(15-9-5-3-6-10-15)25-29(27,28)16-11-7-4-8-12-16/h3-12H,1-2H3/b25-21-. The Kier molecular flexibility index (Phi) is 6.45. The van der Waals surface area contributed by atoms with E-state index in [1.54, 1.807) is 56.3 Å². The summed E-state index contributed by atoms with van der Waals surface area (Å²) in [5.74, 6) is -0.146. The van der Waals surface area contributed by atoms with Crippen LogP contribution in [0.15, 0.2) is 95.1 Å². The summed E-state index contributed by atoms with van der Waals surface area (Å²) in [4.78, 5) is 16.9. The number of rotatable bonds is 3. The van der Waals surface area contributed by atoms with E-state index in [1.807, 2.05) is 6.07 Å². The molecule has 0 saturated carbocycles. The third-order valence-corrected chi connectivity index (χ3v) is 7.46. The van der Waals surface area contributed by atoms with Crippen LogP contribution in [0, 0.1) is 0 Å². The summed E-state index contributed by atoms with van der Waals surface area (Å²) < 4.78 is 30.5. The number of amidine groups is 1. The molecule has 0 aromatic heterocycles. The van der Waals surface area contributed by atoms with Crippen molar-refractivity contribution in [1.29, 1.82) is 0 Å². The maximum absolute atomic E-state index is 12.8. The molecule has 1 aliphatic rings. The van der Waals surface area contributed by atoms with Crippen molar-refractivity contribution in [2.24, 2.45) is 9.39 Å². The van der Waals surface area contributed by atoms with Crippen LogP contribution in [0.2, 0.25) is 0 Å². The molecule has 3 rings (SSSR count). The first kappa shape index (κ1) is 21.5. The first-order valence-corrected chi connectivity index (χ1v) is 11.6. The lowest BCUT2D eigenvalue weighted by molar-refractivity contribution is -0.111. The highest BCUT2D eigenvalue weighted by Crippen LogP contribution is 2.32. The maximum atomic E-state index is 12.8. The van der Waals surface area contributed by atoms with E-state index in [0.29, 0.717) is 31.4 Å². The quantitative estimate of drug-likeness (QED) is 0.308. The molecule has 0 radical (unpaired) electrons. The molecule has 0 amide bonds. The molecule has 0 bridgehead atoms. The number of nitrogens with zero attached hydrogens (tertiary/aromatic N) is 2. The molecule has 2 aromatic rings. The van der Waals surface area contributed by atoms with E-state index >= 15 is 0 Å². The smallest absolute Gasteiger partial charge is 0.284 e. The van der Waals surface area contributed by atoms with E-state index in [9.17, 15) is 13.2 Å². The minimum atomic E-state index is -3.97. The second-order valence-electron chi connectivity index (χ2n) is 6.24. The van der Waals surface area contributed by atoms with Crippen molar-refractivity contribution in [2.75, 3.05) is 0 Å². The van der Waals surface area contributed by atoms with Crippen molar-refractivity contribution in [2.45, 2.75) is 18.7 Å². The summed E-state index contributed by atoms with van der Waals surface area (Å²) >= 11 is 6.60. The van der Waals surface area contributed by atoms with E-state index in [0.717, 1.165) is 0 Å². The predicted octanol–water partition coefficient (Wildman–Crippen LogP) is 5.18. The van der Waals surface area contributed by atoms with Crippen LogP contribution < -0.4 is 0 Å². The Labute approximate surface area is 186 Å². The molecule has 0 N–H and O–H groups in total. The molecule has 0 fully saturated rings. The Bertz CT molecular complexity index is 1170. The number of Topliss-reactive ketones (excluding diaryl/α,β-unsaturated/α-hetero) is 1. The SMILES string of the molecule is CC1=C(Br)C(=O)C(Br)=C(C)C1=N/C(=N\S(=O)(=O)c1ccccc1)c1ccccc1. The largest absolute Gasteiger partial charge is 0.287 e. The number of ketones is 1. The maximum Gasteiger partial charge on any atom is 0.284 e. The van der Waals surface area contributed by atoms with Crippen molar-refractivity contribution in [3.05, 3.63) is 86.3 Å². The Morgan fingerprint density at radius 1 is 0.828 bits per heavy atom. The lowest BCUT2D eigenvalue weighted by Gasteiger charge is -2.18. The molecule has 0 unspecified atom stereocenters. The van der Waals surface area contributed by atoms with E-state index < -0.39 is 10.0 Å². The molecule has 5 nitrogen and oxygen atoms in total. The molecule has 0 saturated heterocycles. The van der Waals surface area contributed by atoms with Crippen LogP contribution in [0.3, 0.4) is 0 Å². The first-order valence-electron chi connectivity index (χ1n) is 8.54. The Hall–Kier alpha value is -2.16. The highest BCUT2D eigenvalue weighted by atomic mass is 79.9. The van der Waals surface area contributed by atoms with Crippen molar-refractivity contribution in [1.82, 2.24) is 0 Å². The number of allylic oxidation sites excluding steroid dienone is 4. The summed E-state index contributed by atoms with van der Waals surface area (Å²) in [6, 6.07) is 16.8. The normalized spacial score (nSPS) is 15.8. The summed E-state index contributed by atoms with van der Waals surface area (Å²) in [7, 11) is -3.97. The van der Waals surface area contributed by atoms with Crippen LogP contribution in [-0.4, -0.2) is 25.7 Å². The van der Waals surface area contributed by atoms with Gasteiger partial charge in [0.25, 0.3) is 10.0 Å². The zero-order valence-electron chi connectivity index (χ0n) is 15.6. The van der Waals surface area contributed by atoms with Gasteiger partial charge in [0.15, 0.2) is 5.84 Å². The lowest BCUT2D eigenvalue weighted by Crippen LogP contribution is -2.19. The van der Waals surface area contributed by atoms with Gasteiger partial charge in [-0.1, -0.05) is 48.5 Å². The summed E-state index contributed by atoms with van der Waals surface area (Å²) in [5.41, 5.74) is 2.24. The van der Waals surface area contributed by atoms with E-state index in [2.05, 4.69) is 41.3 Å². The van der Waals surface area contributed by atoms with Gasteiger partial charge in [0.05, 0.1) is 19.6 Å². The number of carbonyl (C=O) groups excluding carboxylic acids is 1. The Balaban J connectivity index is 2.24. The van der Waals surface area contributed by atoms with Gasteiger partial charge in [-0.3, -0.25) is 4.79 Å². The number of benzene rings is 2. The van der Waals surface area contributed by atoms with Crippen LogP contribution >= 0.6 is 31.9 Å². The van der Waals surface area contributed by atoms with Gasteiger partial charge in [-0.15, -0.1) is 4.40 Å². The molecule has 0 aliphatic heterocycles. The number of sulfonamides is 1. The van der Waals surface area contributed by atoms with Gasteiger partial charge in [-0.25, -0.2) is 4.99 Å². The Morgan fingerprint density at radius 2 is 1.31 bits per heavy atom. The molecule has 0 atom stereocenters. The highest BCUT2D eigenvalue weighted by Gasteiger charge is 2.27. The third-order valence-electron chi connectivity index (χ3n) is 4.26. The van der Waals surface area contributed by atoms with E-state index in [4.69, 9.17) is 0 Å². The molecule has 0 heterocycles. The summed E-state index contributed by atoms with van der Waals surface area (Å²) in [6.07, 6.45) is 0. The molecule has 2 aromatic carbocycles. The summed E-state index contributed by atoms with van der Waals surface area (Å²) in [5, 5.41) is 0. The minimum Gasteiger partial charge on any atom is -0.287 e.